The van der Waals surface area contributed by atoms with E-state index in [1.54, 1.807) is 0 Å². The zero-order valence-electron chi connectivity index (χ0n) is 27.9. The van der Waals surface area contributed by atoms with Crippen LogP contribution in [0.1, 0.15) is 34.8 Å². The van der Waals surface area contributed by atoms with Crippen molar-refractivity contribution in [3.63, 3.8) is 0 Å². The van der Waals surface area contributed by atoms with Crippen molar-refractivity contribution in [1.29, 1.82) is 0 Å². The maximum atomic E-state index is 11.9. The summed E-state index contributed by atoms with van der Waals surface area (Å²) in [6.07, 6.45) is -10.9. The third kappa shape index (κ3) is 7.80. The highest BCUT2D eigenvalue weighted by atomic mass is 16.8. The molecule has 11 nitrogen and oxygen atoms in total. The summed E-state index contributed by atoms with van der Waals surface area (Å²) in [5, 5.41) is 23.4. The van der Waals surface area contributed by atoms with Gasteiger partial charge >= 0.3 is 0 Å². The van der Waals surface area contributed by atoms with Crippen molar-refractivity contribution in [3.8, 4) is 0 Å². The van der Waals surface area contributed by atoms with Gasteiger partial charge < -0.3 is 52.8 Å². The molecule has 0 spiro atoms. The zero-order valence-corrected chi connectivity index (χ0v) is 27.9. The number of hydrogen-bond acceptors (Lipinski definition) is 11. The molecular formula is C40H42O11. The number of fused-ring (bicyclic) bond motifs is 2. The van der Waals surface area contributed by atoms with E-state index in [2.05, 4.69) is 0 Å². The van der Waals surface area contributed by atoms with Crippen molar-refractivity contribution in [3.05, 3.63) is 144 Å². The Bertz CT molecular complexity index is 1650. The maximum absolute atomic E-state index is 11.9. The highest BCUT2D eigenvalue weighted by Gasteiger charge is 2.55. The van der Waals surface area contributed by atoms with Crippen LogP contribution in [0.2, 0.25) is 0 Å². The Hall–Kier alpha value is -3.56. The average molecular weight is 699 g/mol. The van der Waals surface area contributed by atoms with Crippen LogP contribution in [0.15, 0.2) is 121 Å². The minimum atomic E-state index is -1.45. The SMILES string of the molecule is OC1OC2COC(c3ccccc3)O[C@@H]2[C@H](OCc2ccccc2)C1O[C@@H]1OC2COC(c3ccccc3)O[C@@H]2[C@H](OCc2ccccc2)C1O. The zero-order chi connectivity index (χ0) is 34.6. The second-order valence-electron chi connectivity index (χ2n) is 13.1. The molecule has 51 heavy (non-hydrogen) atoms. The number of aliphatic hydroxyl groups is 2. The van der Waals surface area contributed by atoms with E-state index in [0.717, 1.165) is 22.3 Å². The van der Waals surface area contributed by atoms with Crippen LogP contribution >= 0.6 is 0 Å². The van der Waals surface area contributed by atoms with Gasteiger partial charge in [0.05, 0.1) is 26.4 Å². The summed E-state index contributed by atoms with van der Waals surface area (Å²) in [4.78, 5) is 0. The molecule has 0 radical (unpaired) electrons. The van der Waals surface area contributed by atoms with Gasteiger partial charge in [-0.2, -0.15) is 0 Å². The molecule has 2 N–H and O–H groups in total. The number of hydrogen-bond donors (Lipinski definition) is 2. The predicted molar refractivity (Wildman–Crippen MR) is 180 cm³/mol. The minimum Gasteiger partial charge on any atom is -0.385 e. The molecule has 4 aliphatic heterocycles. The van der Waals surface area contributed by atoms with E-state index in [-0.39, 0.29) is 26.4 Å². The summed E-state index contributed by atoms with van der Waals surface area (Å²) < 4.78 is 56.8. The number of aliphatic hydroxyl groups excluding tert-OH is 2. The number of benzene rings is 4. The molecule has 8 rings (SSSR count). The monoisotopic (exact) mass is 698 g/mol. The first kappa shape index (κ1) is 34.5. The van der Waals surface area contributed by atoms with Crippen LogP contribution in [0.25, 0.3) is 0 Å². The quantitative estimate of drug-likeness (QED) is 0.242. The van der Waals surface area contributed by atoms with Gasteiger partial charge in [-0.05, 0) is 11.1 Å². The third-order valence-corrected chi connectivity index (χ3v) is 9.61. The lowest BCUT2D eigenvalue weighted by Gasteiger charge is -2.51. The first-order valence-electron chi connectivity index (χ1n) is 17.4. The summed E-state index contributed by atoms with van der Waals surface area (Å²) in [7, 11) is 0. The minimum absolute atomic E-state index is 0.156. The van der Waals surface area contributed by atoms with E-state index in [1.807, 2.05) is 121 Å². The topological polar surface area (TPSA) is 124 Å². The van der Waals surface area contributed by atoms with Gasteiger partial charge in [0.2, 0.25) is 0 Å². The van der Waals surface area contributed by atoms with Crippen LogP contribution in [-0.4, -0.2) is 84.8 Å². The van der Waals surface area contributed by atoms with Gasteiger partial charge in [-0.1, -0.05) is 121 Å². The van der Waals surface area contributed by atoms with E-state index in [4.69, 9.17) is 42.6 Å². The molecule has 11 heteroatoms. The Labute approximate surface area is 296 Å². The second-order valence-corrected chi connectivity index (χ2v) is 13.1. The molecule has 0 bridgehead atoms. The van der Waals surface area contributed by atoms with E-state index >= 15 is 0 Å². The van der Waals surface area contributed by atoms with E-state index in [0.29, 0.717) is 0 Å². The van der Waals surface area contributed by atoms with Gasteiger partial charge in [0, 0.05) is 11.1 Å². The Morgan fingerprint density at radius 2 is 0.961 bits per heavy atom. The lowest BCUT2D eigenvalue weighted by molar-refractivity contribution is -0.407. The molecule has 4 heterocycles. The van der Waals surface area contributed by atoms with Crippen LogP contribution in [0.4, 0.5) is 0 Å². The molecule has 4 aromatic carbocycles. The third-order valence-electron chi connectivity index (χ3n) is 9.61. The normalized spacial score (nSPS) is 35.0. The van der Waals surface area contributed by atoms with Crippen LogP contribution < -0.4 is 0 Å². The fourth-order valence-electron chi connectivity index (χ4n) is 7.01. The number of ether oxygens (including phenoxy) is 9. The van der Waals surface area contributed by atoms with Crippen molar-refractivity contribution in [2.24, 2.45) is 0 Å². The van der Waals surface area contributed by atoms with Crippen LogP contribution in [0, 0.1) is 0 Å². The smallest absolute Gasteiger partial charge is 0.187 e. The Kier molecular flexibility index (Phi) is 10.8. The van der Waals surface area contributed by atoms with Crippen LogP contribution in [-0.2, 0) is 55.8 Å². The second kappa shape index (κ2) is 16.0. The molecule has 0 aromatic heterocycles. The van der Waals surface area contributed by atoms with Crippen molar-refractivity contribution in [2.75, 3.05) is 13.2 Å². The average Bonchev–Trinajstić information content (AvgIpc) is 3.19. The molecule has 12 atom stereocenters. The first-order chi connectivity index (χ1) is 25.1. The number of rotatable bonds is 10. The highest BCUT2D eigenvalue weighted by molar-refractivity contribution is 5.19. The standard InChI is InChI=1S/C40H42O11/c41-31-34(43-21-25-13-5-1-6-14-25)32-30(24-46-38(49-32)27-17-9-3-10-18-27)48-40(31)51-36-35(44-22-26-15-7-2-8-16-26)33-29(47-37(36)42)23-45-39(50-33)28-19-11-4-12-20-28/h1-20,29-42H,21-24H2/t29?,30?,31?,32-,33-,34+,35-,36?,37?,38?,39?,40-/m0/s1. The van der Waals surface area contributed by atoms with Gasteiger partial charge in [-0.15, -0.1) is 0 Å². The summed E-state index contributed by atoms with van der Waals surface area (Å²) in [5.74, 6) is 0. The summed E-state index contributed by atoms with van der Waals surface area (Å²) in [6, 6.07) is 38.6. The largest absolute Gasteiger partial charge is 0.385 e. The molecule has 268 valence electrons. The van der Waals surface area contributed by atoms with E-state index in [1.165, 1.54) is 0 Å². The predicted octanol–water partition coefficient (Wildman–Crippen LogP) is 4.57. The van der Waals surface area contributed by atoms with Gasteiger partial charge in [-0.3, -0.25) is 0 Å². The molecule has 0 aliphatic carbocycles. The lowest BCUT2D eigenvalue weighted by Crippen LogP contribution is -2.67. The van der Waals surface area contributed by atoms with Crippen molar-refractivity contribution in [1.82, 2.24) is 0 Å². The summed E-state index contributed by atoms with van der Waals surface area (Å²) in [5.41, 5.74) is 3.53. The van der Waals surface area contributed by atoms with Crippen LogP contribution in [0.3, 0.4) is 0 Å². The van der Waals surface area contributed by atoms with Gasteiger partial charge in [0.25, 0.3) is 0 Å². The van der Waals surface area contributed by atoms with Gasteiger partial charge in [0.15, 0.2) is 25.2 Å². The fraction of sp³-hybridized carbons (Fsp3) is 0.400. The maximum Gasteiger partial charge on any atom is 0.187 e. The Morgan fingerprint density at radius 3 is 1.49 bits per heavy atom. The highest BCUT2D eigenvalue weighted by Crippen LogP contribution is 2.40. The van der Waals surface area contributed by atoms with Gasteiger partial charge in [-0.25, -0.2) is 0 Å². The van der Waals surface area contributed by atoms with E-state index in [9.17, 15) is 10.2 Å². The molecule has 0 amide bonds. The van der Waals surface area contributed by atoms with Gasteiger partial charge in [0.1, 0.15) is 48.8 Å². The molecule has 4 aromatic rings. The van der Waals surface area contributed by atoms with Crippen LogP contribution in [0.5, 0.6) is 0 Å². The first-order valence-corrected chi connectivity index (χ1v) is 17.4. The molecule has 4 fully saturated rings. The molecule has 0 saturated carbocycles. The lowest BCUT2D eigenvalue weighted by atomic mass is 9.95. The van der Waals surface area contributed by atoms with E-state index < -0.39 is 74.0 Å². The molecule has 7 unspecified atom stereocenters. The Balaban J connectivity index is 1.05. The van der Waals surface area contributed by atoms with Crippen molar-refractivity contribution in [2.45, 2.75) is 87.2 Å². The molecular weight excluding hydrogens is 656 g/mol. The fourth-order valence-corrected chi connectivity index (χ4v) is 7.01. The molecule has 4 aliphatic rings. The summed E-state index contributed by atoms with van der Waals surface area (Å²) in [6.45, 7) is 0.753. The Morgan fingerprint density at radius 1 is 0.510 bits per heavy atom. The molecule has 4 saturated heterocycles. The van der Waals surface area contributed by atoms with Crippen molar-refractivity contribution >= 4 is 0 Å². The summed E-state index contributed by atoms with van der Waals surface area (Å²) >= 11 is 0. The van der Waals surface area contributed by atoms with Crippen molar-refractivity contribution < 1.29 is 52.8 Å².